The van der Waals surface area contributed by atoms with E-state index in [1.54, 1.807) is 42.1 Å². The third-order valence-electron chi connectivity index (χ3n) is 4.29. The first-order valence-corrected chi connectivity index (χ1v) is 12.4. The predicted octanol–water partition coefficient (Wildman–Crippen LogP) is 3.35. The van der Waals surface area contributed by atoms with Crippen LogP contribution in [0.2, 0.25) is 0 Å². The number of rotatable bonds is 11. The van der Waals surface area contributed by atoms with Gasteiger partial charge in [0.05, 0.1) is 19.1 Å². The molecule has 0 aromatic heterocycles. The molecule has 0 aliphatic rings. The molecule has 0 radical (unpaired) electrons. The minimum Gasteiger partial charge on any atom is -0.495 e. The largest absolute Gasteiger partial charge is 0.495 e. The number of hydrogen-bond donors (Lipinski definition) is 1. The smallest absolute Gasteiger partial charge is 0.240 e. The Bertz CT molecular complexity index is 967. The van der Waals surface area contributed by atoms with E-state index in [2.05, 4.69) is 5.32 Å². The summed E-state index contributed by atoms with van der Waals surface area (Å²) in [6, 6.07) is 11.8. The number of benzene rings is 2. The molecular weight excluding hydrogens is 427 g/mol. The number of nitrogens with zero attached hydrogens (tertiary/aromatic N) is 1. The second-order valence-corrected chi connectivity index (χ2v) is 9.80. The Morgan fingerprint density at radius 3 is 2.63 bits per heavy atom. The first-order valence-electron chi connectivity index (χ1n) is 9.42. The van der Waals surface area contributed by atoms with Crippen molar-refractivity contribution in [2.45, 2.75) is 19.1 Å². The molecule has 164 valence electrons. The maximum atomic E-state index is 13.6. The molecule has 0 spiro atoms. The molecule has 0 saturated heterocycles. The van der Waals surface area contributed by atoms with Crippen molar-refractivity contribution in [3.05, 3.63) is 59.4 Å². The number of halogens is 1. The van der Waals surface area contributed by atoms with Crippen LogP contribution in [-0.4, -0.2) is 46.5 Å². The summed E-state index contributed by atoms with van der Waals surface area (Å²) in [5, 5.41) is 2.74. The quantitative estimate of drug-likeness (QED) is 0.527. The molecular formula is C21H27FN2O4S2. The highest BCUT2D eigenvalue weighted by molar-refractivity contribution is 7.98. The van der Waals surface area contributed by atoms with Crippen molar-refractivity contribution in [1.29, 1.82) is 0 Å². The summed E-state index contributed by atoms with van der Waals surface area (Å²) < 4.78 is 44.4. The highest BCUT2D eigenvalue weighted by atomic mass is 32.2. The Kier molecular flexibility index (Phi) is 8.98. The van der Waals surface area contributed by atoms with Gasteiger partial charge in [0.15, 0.2) is 0 Å². The number of sulfonamides is 1. The average molecular weight is 455 g/mol. The van der Waals surface area contributed by atoms with Crippen molar-refractivity contribution < 1.29 is 22.3 Å². The number of aryl methyl sites for hydroxylation is 1. The third-order valence-corrected chi connectivity index (χ3v) is 6.51. The van der Waals surface area contributed by atoms with Gasteiger partial charge in [-0.2, -0.15) is 11.8 Å². The van der Waals surface area contributed by atoms with Crippen LogP contribution in [0.3, 0.4) is 0 Å². The van der Waals surface area contributed by atoms with Gasteiger partial charge in [0.2, 0.25) is 15.9 Å². The van der Waals surface area contributed by atoms with Gasteiger partial charge in [-0.3, -0.25) is 9.10 Å². The molecule has 0 aliphatic heterocycles. The first kappa shape index (κ1) is 24.0. The molecule has 2 rings (SSSR count). The van der Waals surface area contributed by atoms with Crippen molar-refractivity contribution >= 4 is 33.4 Å². The maximum Gasteiger partial charge on any atom is 0.240 e. The van der Waals surface area contributed by atoms with Crippen LogP contribution in [0.5, 0.6) is 5.75 Å². The topological polar surface area (TPSA) is 75.7 Å². The molecule has 0 heterocycles. The van der Waals surface area contributed by atoms with Gasteiger partial charge in [-0.1, -0.05) is 24.3 Å². The lowest BCUT2D eigenvalue weighted by molar-refractivity contribution is -0.119. The zero-order valence-corrected chi connectivity index (χ0v) is 19.0. The van der Waals surface area contributed by atoms with E-state index in [-0.39, 0.29) is 12.4 Å². The van der Waals surface area contributed by atoms with Crippen LogP contribution in [-0.2, 0) is 20.6 Å². The van der Waals surface area contributed by atoms with Gasteiger partial charge in [0.1, 0.15) is 18.1 Å². The summed E-state index contributed by atoms with van der Waals surface area (Å²) >= 11 is 1.58. The molecule has 9 heteroatoms. The molecule has 0 atom stereocenters. The number of carbonyl (C=O) groups excluding carboxylic acids is 1. The summed E-state index contributed by atoms with van der Waals surface area (Å²) in [6.45, 7) is 1.91. The molecule has 0 aliphatic carbocycles. The van der Waals surface area contributed by atoms with Gasteiger partial charge in [-0.05, 0) is 48.4 Å². The molecule has 1 N–H and O–H groups in total. The number of nitrogens with one attached hydrogen (secondary N) is 1. The summed E-state index contributed by atoms with van der Waals surface area (Å²) in [5.41, 5.74) is 1.84. The summed E-state index contributed by atoms with van der Waals surface area (Å²) in [6.07, 6.45) is 1.75. The predicted molar refractivity (Wildman–Crippen MR) is 120 cm³/mol. The Balaban J connectivity index is 1.85. The zero-order chi connectivity index (χ0) is 22.1. The zero-order valence-electron chi connectivity index (χ0n) is 17.4. The Hall–Kier alpha value is -2.26. The van der Waals surface area contributed by atoms with Crippen LogP contribution in [0.4, 0.5) is 10.1 Å². The number of hydrogen-bond acceptors (Lipinski definition) is 5. The van der Waals surface area contributed by atoms with E-state index in [1.165, 1.54) is 13.2 Å². The standard InChI is InChI=1S/C21H27FN2O4S2/c1-16-9-10-20(28-2)19(13-16)24(30(3,26)27)14-21(25)23-11-6-12-29-15-17-7-4-5-8-18(17)22/h4-5,7-10,13H,6,11-12,14-15H2,1-3H3,(H,23,25). The van der Waals surface area contributed by atoms with E-state index in [0.29, 0.717) is 35.7 Å². The minimum atomic E-state index is -3.68. The molecule has 30 heavy (non-hydrogen) atoms. The molecule has 0 bridgehead atoms. The SMILES string of the molecule is COc1ccc(C)cc1N(CC(=O)NCCCSCc1ccccc1F)S(C)(=O)=O. The number of methoxy groups -OCH3 is 1. The summed E-state index contributed by atoms with van der Waals surface area (Å²) in [5.74, 6) is 1.07. The maximum absolute atomic E-state index is 13.6. The van der Waals surface area contributed by atoms with E-state index in [4.69, 9.17) is 4.74 Å². The lowest BCUT2D eigenvalue weighted by atomic mass is 10.2. The highest BCUT2D eigenvalue weighted by Crippen LogP contribution is 2.30. The Morgan fingerprint density at radius 2 is 1.97 bits per heavy atom. The van der Waals surface area contributed by atoms with E-state index < -0.39 is 15.9 Å². The van der Waals surface area contributed by atoms with Gasteiger partial charge in [-0.25, -0.2) is 12.8 Å². The number of ether oxygens (including phenoxy) is 1. The molecule has 1 amide bonds. The van der Waals surface area contributed by atoms with Crippen LogP contribution >= 0.6 is 11.8 Å². The van der Waals surface area contributed by atoms with Crippen LogP contribution in [0.1, 0.15) is 17.5 Å². The normalized spacial score (nSPS) is 11.2. The fourth-order valence-corrected chi connectivity index (χ4v) is 4.56. The lowest BCUT2D eigenvalue weighted by Gasteiger charge is -2.24. The molecule has 2 aromatic carbocycles. The van der Waals surface area contributed by atoms with Crippen LogP contribution in [0.15, 0.2) is 42.5 Å². The fourth-order valence-electron chi connectivity index (χ4n) is 2.76. The van der Waals surface area contributed by atoms with Gasteiger partial charge in [0.25, 0.3) is 0 Å². The second-order valence-electron chi connectivity index (χ2n) is 6.79. The Labute approximate surface area is 181 Å². The van der Waals surface area contributed by atoms with Crippen molar-refractivity contribution in [2.75, 3.05) is 36.5 Å². The number of thioether (sulfide) groups is 1. The van der Waals surface area contributed by atoms with Gasteiger partial charge >= 0.3 is 0 Å². The lowest BCUT2D eigenvalue weighted by Crippen LogP contribution is -2.40. The summed E-state index contributed by atoms with van der Waals surface area (Å²) in [7, 11) is -2.23. The second kappa shape index (κ2) is 11.2. The van der Waals surface area contributed by atoms with Crippen molar-refractivity contribution in [1.82, 2.24) is 5.32 Å². The van der Waals surface area contributed by atoms with Crippen LogP contribution in [0, 0.1) is 12.7 Å². The van der Waals surface area contributed by atoms with Gasteiger partial charge in [-0.15, -0.1) is 0 Å². The van der Waals surface area contributed by atoms with Crippen LogP contribution in [0.25, 0.3) is 0 Å². The fraction of sp³-hybridized carbons (Fsp3) is 0.381. The monoisotopic (exact) mass is 454 g/mol. The third kappa shape index (κ3) is 7.21. The molecule has 6 nitrogen and oxygen atoms in total. The van der Waals surface area contributed by atoms with E-state index >= 15 is 0 Å². The number of carbonyl (C=O) groups is 1. The first-order chi connectivity index (χ1) is 14.2. The molecule has 0 unspecified atom stereocenters. The van der Waals surface area contributed by atoms with E-state index in [1.807, 2.05) is 13.0 Å². The van der Waals surface area contributed by atoms with Crippen LogP contribution < -0.4 is 14.4 Å². The minimum absolute atomic E-state index is 0.217. The summed E-state index contributed by atoms with van der Waals surface area (Å²) in [4.78, 5) is 12.3. The number of anilines is 1. The van der Waals surface area contributed by atoms with E-state index in [9.17, 15) is 17.6 Å². The number of amides is 1. The molecule has 2 aromatic rings. The van der Waals surface area contributed by atoms with Gasteiger partial charge < -0.3 is 10.1 Å². The van der Waals surface area contributed by atoms with Crippen molar-refractivity contribution in [3.63, 3.8) is 0 Å². The van der Waals surface area contributed by atoms with Crippen molar-refractivity contribution in [3.8, 4) is 5.75 Å². The average Bonchev–Trinajstić information content (AvgIpc) is 2.69. The van der Waals surface area contributed by atoms with Crippen molar-refractivity contribution in [2.24, 2.45) is 0 Å². The van der Waals surface area contributed by atoms with E-state index in [0.717, 1.165) is 21.9 Å². The Morgan fingerprint density at radius 1 is 1.23 bits per heavy atom. The highest BCUT2D eigenvalue weighted by Gasteiger charge is 2.24. The van der Waals surface area contributed by atoms with Gasteiger partial charge in [0, 0.05) is 12.3 Å². The molecule has 0 saturated carbocycles. The molecule has 0 fully saturated rings.